The molecule has 0 amide bonds. The first-order valence-corrected chi connectivity index (χ1v) is 5.54. The second-order valence-electron chi connectivity index (χ2n) is 3.91. The van der Waals surface area contributed by atoms with Crippen LogP contribution in [0.25, 0.3) is 0 Å². The molecular weight excluding hydrogens is 261 g/mol. The van der Waals surface area contributed by atoms with Crippen molar-refractivity contribution in [1.82, 2.24) is 0 Å². The molecule has 4 heteroatoms. The second kappa shape index (κ2) is 5.05. The van der Waals surface area contributed by atoms with Gasteiger partial charge in [0.05, 0.1) is 6.61 Å². The van der Waals surface area contributed by atoms with Crippen LogP contribution in [0.15, 0.2) is 22.7 Å². The zero-order chi connectivity index (χ0) is 11.5. The van der Waals surface area contributed by atoms with Gasteiger partial charge in [-0.25, -0.2) is 10.3 Å². The number of nitrogens with two attached hydrogens (primary N) is 1. The van der Waals surface area contributed by atoms with Gasteiger partial charge in [0.1, 0.15) is 5.67 Å². The van der Waals surface area contributed by atoms with Crippen molar-refractivity contribution in [3.05, 3.63) is 33.8 Å². The normalized spacial score (nSPS) is 11.8. The molecule has 2 N–H and O–H groups in total. The molecule has 0 saturated carbocycles. The van der Waals surface area contributed by atoms with Crippen molar-refractivity contribution >= 4 is 15.9 Å². The van der Waals surface area contributed by atoms with Crippen LogP contribution in [-0.4, -0.2) is 6.61 Å². The molecule has 0 heterocycles. The number of benzene rings is 1. The Labute approximate surface area is 97.7 Å². The van der Waals surface area contributed by atoms with E-state index in [1.807, 2.05) is 12.1 Å². The molecule has 15 heavy (non-hydrogen) atoms. The summed E-state index contributed by atoms with van der Waals surface area (Å²) in [5.74, 6) is 4.94. The third kappa shape index (κ3) is 3.55. The minimum Gasteiger partial charge on any atom is -0.304 e. The molecule has 0 aromatic heterocycles. The predicted molar refractivity (Wildman–Crippen MR) is 62.1 cm³/mol. The Balaban J connectivity index is 2.89. The van der Waals surface area contributed by atoms with Crippen molar-refractivity contribution in [2.24, 2.45) is 5.90 Å². The molecule has 1 aromatic rings. The van der Waals surface area contributed by atoms with Crippen LogP contribution in [0.2, 0.25) is 0 Å². The molecule has 0 spiro atoms. The van der Waals surface area contributed by atoms with Crippen molar-refractivity contribution < 1.29 is 9.23 Å². The molecule has 1 aromatic carbocycles. The summed E-state index contributed by atoms with van der Waals surface area (Å²) in [7, 11) is 0. The summed E-state index contributed by atoms with van der Waals surface area (Å²) in [6.07, 6.45) is 0.724. The van der Waals surface area contributed by atoms with Gasteiger partial charge in [-0.15, -0.1) is 0 Å². The molecule has 0 saturated heterocycles. The lowest BCUT2D eigenvalue weighted by Gasteiger charge is -2.17. The molecule has 1 rings (SSSR count). The van der Waals surface area contributed by atoms with Gasteiger partial charge in [0.2, 0.25) is 0 Å². The molecule has 0 aliphatic rings. The van der Waals surface area contributed by atoms with Crippen LogP contribution in [0.5, 0.6) is 0 Å². The topological polar surface area (TPSA) is 35.2 Å². The lowest BCUT2D eigenvalue weighted by atomic mass is 9.98. The van der Waals surface area contributed by atoms with Crippen molar-refractivity contribution in [3.8, 4) is 0 Å². The average Bonchev–Trinajstić information content (AvgIpc) is 2.12. The minimum absolute atomic E-state index is 0.463. The largest absolute Gasteiger partial charge is 0.304 e. The van der Waals surface area contributed by atoms with Gasteiger partial charge in [-0.1, -0.05) is 28.1 Å². The summed E-state index contributed by atoms with van der Waals surface area (Å²) in [6.45, 7) is 3.54. The first-order valence-electron chi connectivity index (χ1n) is 4.74. The Morgan fingerprint density at radius 3 is 2.60 bits per heavy atom. The third-order valence-electron chi connectivity index (χ3n) is 2.18. The van der Waals surface area contributed by atoms with E-state index in [0.29, 0.717) is 12.2 Å². The van der Waals surface area contributed by atoms with Crippen LogP contribution in [0.4, 0.5) is 4.39 Å². The van der Waals surface area contributed by atoms with Crippen molar-refractivity contribution in [2.45, 2.75) is 25.9 Å². The fourth-order valence-corrected chi connectivity index (χ4v) is 2.27. The van der Waals surface area contributed by atoms with E-state index in [4.69, 9.17) is 5.90 Å². The van der Waals surface area contributed by atoms with Gasteiger partial charge >= 0.3 is 0 Å². The van der Waals surface area contributed by atoms with Gasteiger partial charge in [-0.2, -0.15) is 0 Å². The highest BCUT2D eigenvalue weighted by Crippen LogP contribution is 2.31. The zero-order valence-corrected chi connectivity index (χ0v) is 10.5. The molecule has 0 radical (unpaired) electrons. The Morgan fingerprint density at radius 1 is 1.47 bits per heavy atom. The zero-order valence-electron chi connectivity index (χ0n) is 8.89. The van der Waals surface area contributed by atoms with E-state index >= 15 is 0 Å². The highest BCUT2D eigenvalue weighted by molar-refractivity contribution is 9.10. The molecule has 0 aliphatic carbocycles. The van der Waals surface area contributed by atoms with Crippen molar-refractivity contribution in [2.75, 3.05) is 6.61 Å². The van der Waals surface area contributed by atoms with E-state index in [0.717, 1.165) is 16.5 Å². The number of alkyl halides is 1. The summed E-state index contributed by atoms with van der Waals surface area (Å²) in [5.41, 5.74) is 0.391. The third-order valence-corrected chi connectivity index (χ3v) is 2.84. The second-order valence-corrected chi connectivity index (χ2v) is 4.76. The van der Waals surface area contributed by atoms with Crippen LogP contribution in [0, 0.1) is 0 Å². The van der Waals surface area contributed by atoms with Gasteiger partial charge in [-0.3, -0.25) is 0 Å². The van der Waals surface area contributed by atoms with Gasteiger partial charge < -0.3 is 4.84 Å². The van der Waals surface area contributed by atoms with E-state index in [1.165, 1.54) is 13.8 Å². The first-order chi connectivity index (χ1) is 6.95. The molecule has 0 fully saturated rings. The summed E-state index contributed by atoms with van der Waals surface area (Å²) in [5, 5.41) is 0. The standard InChI is InChI=1S/C11H15BrFNO/c1-11(2,13)9-4-3-8(5-6-15-14)7-10(9)12/h3-4,7H,5-6,14H2,1-2H3. The summed E-state index contributed by atoms with van der Waals surface area (Å²) >= 11 is 3.36. The fourth-order valence-electron chi connectivity index (χ4n) is 1.37. The SMILES string of the molecule is CC(C)(F)c1ccc(CCON)cc1Br. The summed E-state index contributed by atoms with van der Waals surface area (Å²) < 4.78 is 14.5. The maximum absolute atomic E-state index is 13.7. The van der Waals surface area contributed by atoms with E-state index in [2.05, 4.69) is 20.8 Å². The smallest absolute Gasteiger partial charge is 0.131 e. The first kappa shape index (κ1) is 12.6. The lowest BCUT2D eigenvalue weighted by molar-refractivity contribution is 0.141. The van der Waals surface area contributed by atoms with Crippen molar-refractivity contribution in [3.63, 3.8) is 0 Å². The molecular formula is C11H15BrFNO. The number of rotatable bonds is 4. The maximum atomic E-state index is 13.7. The van der Waals surface area contributed by atoms with E-state index in [9.17, 15) is 4.39 Å². The minimum atomic E-state index is -1.33. The summed E-state index contributed by atoms with van der Waals surface area (Å²) in [6, 6.07) is 5.58. The number of hydrogen-bond donors (Lipinski definition) is 1. The Morgan fingerprint density at radius 2 is 2.13 bits per heavy atom. The van der Waals surface area contributed by atoms with Gasteiger partial charge in [0.25, 0.3) is 0 Å². The van der Waals surface area contributed by atoms with Crippen molar-refractivity contribution in [1.29, 1.82) is 0 Å². The molecule has 2 nitrogen and oxygen atoms in total. The molecule has 0 atom stereocenters. The maximum Gasteiger partial charge on any atom is 0.131 e. The molecule has 84 valence electrons. The van der Waals surface area contributed by atoms with Gasteiger partial charge in [0, 0.05) is 10.0 Å². The Bertz CT molecular complexity index is 336. The summed E-state index contributed by atoms with van der Waals surface area (Å²) in [4.78, 5) is 4.49. The molecule has 0 unspecified atom stereocenters. The van der Waals surface area contributed by atoms with E-state index in [1.54, 1.807) is 6.07 Å². The van der Waals surface area contributed by atoms with Gasteiger partial charge in [-0.05, 0) is 31.9 Å². The van der Waals surface area contributed by atoms with Crippen LogP contribution >= 0.6 is 15.9 Å². The highest BCUT2D eigenvalue weighted by atomic mass is 79.9. The fraction of sp³-hybridized carbons (Fsp3) is 0.455. The predicted octanol–water partition coefficient (Wildman–Crippen LogP) is 3.09. The molecule has 0 aliphatic heterocycles. The average molecular weight is 276 g/mol. The monoisotopic (exact) mass is 275 g/mol. The van der Waals surface area contributed by atoms with Crippen LogP contribution in [0.1, 0.15) is 25.0 Å². The quantitative estimate of drug-likeness (QED) is 0.858. The lowest BCUT2D eigenvalue weighted by Crippen LogP contribution is -2.10. The van der Waals surface area contributed by atoms with E-state index < -0.39 is 5.67 Å². The number of halogens is 2. The molecule has 0 bridgehead atoms. The van der Waals surface area contributed by atoms with Crippen LogP contribution in [0.3, 0.4) is 0 Å². The van der Waals surface area contributed by atoms with Crippen LogP contribution in [-0.2, 0) is 16.9 Å². The van der Waals surface area contributed by atoms with E-state index in [-0.39, 0.29) is 0 Å². The Hall–Kier alpha value is -0.450. The number of hydrogen-bond acceptors (Lipinski definition) is 2. The van der Waals surface area contributed by atoms with Gasteiger partial charge in [0.15, 0.2) is 0 Å². The highest BCUT2D eigenvalue weighted by Gasteiger charge is 2.21. The van der Waals surface area contributed by atoms with Crippen LogP contribution < -0.4 is 5.90 Å². The Kier molecular flexibility index (Phi) is 4.25.